The van der Waals surface area contributed by atoms with Crippen LogP contribution < -0.4 is 4.72 Å². The van der Waals surface area contributed by atoms with E-state index >= 15 is 0 Å². The fraction of sp³-hybridized carbons (Fsp3) is 0.478. The summed E-state index contributed by atoms with van der Waals surface area (Å²) in [5.74, 6) is -0.277. The molecule has 0 radical (unpaired) electrons. The standard InChI is InChI=1S/C23H31N3O5S3/c1-16-23(32-18(3)24-16)15-26(33(4,28)29)13-6-5-10-22(17(2)27)25-34(30,31)21-12-11-19-8-7-9-20(19)14-21/h7,9,11-12,14,22,25H,5-6,8,10,13,15H2,1-4H3. The number of thiazole rings is 1. The number of nitrogens with zero attached hydrogens (tertiary/aromatic N) is 2. The molecule has 1 aromatic carbocycles. The number of allylic oxidation sites excluding steroid dienone is 1. The van der Waals surface area contributed by atoms with E-state index in [1.807, 2.05) is 26.0 Å². The van der Waals surface area contributed by atoms with Crippen LogP contribution in [0.3, 0.4) is 0 Å². The predicted octanol–water partition coefficient (Wildman–Crippen LogP) is 3.20. The molecule has 0 fully saturated rings. The van der Waals surface area contributed by atoms with Crippen LogP contribution in [0.1, 0.15) is 52.9 Å². The number of Topliss-reactive ketones (excluding diaryl/α,β-unsaturated/α-hetero) is 1. The summed E-state index contributed by atoms with van der Waals surface area (Å²) < 4.78 is 54.2. The Hall–Kier alpha value is -1.92. The number of carbonyl (C=O) groups is 1. The normalized spacial score (nSPS) is 14.5. The minimum atomic E-state index is -3.86. The van der Waals surface area contributed by atoms with Gasteiger partial charge in [-0.25, -0.2) is 26.5 Å². The number of hydrogen-bond donors (Lipinski definition) is 1. The average Bonchev–Trinajstić information content (AvgIpc) is 3.33. The van der Waals surface area contributed by atoms with E-state index in [1.165, 1.54) is 28.8 Å². The number of hydrogen-bond acceptors (Lipinski definition) is 7. The third-order valence-electron chi connectivity index (χ3n) is 5.79. The molecule has 11 heteroatoms. The van der Waals surface area contributed by atoms with Crippen LogP contribution in [-0.4, -0.2) is 50.8 Å². The minimum Gasteiger partial charge on any atom is -0.298 e. The van der Waals surface area contributed by atoms with Crippen LogP contribution in [0.25, 0.3) is 6.08 Å². The van der Waals surface area contributed by atoms with Crippen molar-refractivity contribution in [2.75, 3.05) is 12.8 Å². The van der Waals surface area contributed by atoms with Crippen LogP contribution in [0.2, 0.25) is 0 Å². The molecule has 1 aromatic heterocycles. The number of aromatic nitrogens is 1. The Labute approximate surface area is 206 Å². The second-order valence-corrected chi connectivity index (χ2v) is 13.6. The largest absolute Gasteiger partial charge is 0.298 e. The first-order valence-corrected chi connectivity index (χ1v) is 15.2. The number of rotatable bonds is 12. The Morgan fingerprint density at radius 1 is 1.21 bits per heavy atom. The summed E-state index contributed by atoms with van der Waals surface area (Å²) in [5.41, 5.74) is 2.76. The molecule has 0 bridgehead atoms. The van der Waals surface area contributed by atoms with E-state index in [-0.39, 0.29) is 30.2 Å². The second-order valence-electron chi connectivity index (χ2n) is 8.59. The van der Waals surface area contributed by atoms with Gasteiger partial charge in [0.1, 0.15) is 5.78 Å². The number of carbonyl (C=O) groups excluding carboxylic acids is 1. The van der Waals surface area contributed by atoms with Crippen LogP contribution in [0, 0.1) is 13.8 Å². The Balaban J connectivity index is 1.60. The summed E-state index contributed by atoms with van der Waals surface area (Å²) in [6.45, 7) is 5.64. The molecule has 0 amide bonds. The van der Waals surface area contributed by atoms with Gasteiger partial charge in [0.25, 0.3) is 0 Å². The smallest absolute Gasteiger partial charge is 0.241 e. The van der Waals surface area contributed by atoms with Gasteiger partial charge in [-0.05, 0) is 63.3 Å². The third kappa shape index (κ3) is 6.82. The highest BCUT2D eigenvalue weighted by atomic mass is 32.2. The van der Waals surface area contributed by atoms with Gasteiger partial charge in [-0.3, -0.25) is 4.79 Å². The van der Waals surface area contributed by atoms with Gasteiger partial charge in [0.15, 0.2) is 0 Å². The van der Waals surface area contributed by atoms with Crippen molar-refractivity contribution in [2.24, 2.45) is 0 Å². The lowest BCUT2D eigenvalue weighted by Gasteiger charge is -2.20. The van der Waals surface area contributed by atoms with Crippen molar-refractivity contribution in [2.45, 2.75) is 63.9 Å². The zero-order valence-electron chi connectivity index (χ0n) is 19.9. The van der Waals surface area contributed by atoms with E-state index in [1.54, 1.807) is 18.2 Å². The molecular weight excluding hydrogens is 494 g/mol. The molecule has 34 heavy (non-hydrogen) atoms. The maximum Gasteiger partial charge on any atom is 0.241 e. The Kier molecular flexibility index (Phi) is 8.46. The molecule has 0 saturated carbocycles. The van der Waals surface area contributed by atoms with Gasteiger partial charge < -0.3 is 0 Å². The highest BCUT2D eigenvalue weighted by Crippen LogP contribution is 2.24. The molecule has 1 heterocycles. The quantitative estimate of drug-likeness (QED) is 0.426. The zero-order chi connectivity index (χ0) is 25.1. The van der Waals surface area contributed by atoms with Crippen molar-refractivity contribution in [1.29, 1.82) is 0 Å². The van der Waals surface area contributed by atoms with Crippen molar-refractivity contribution >= 4 is 43.2 Å². The molecule has 1 atom stereocenters. The molecule has 3 rings (SSSR count). The van der Waals surface area contributed by atoms with E-state index in [4.69, 9.17) is 0 Å². The topological polar surface area (TPSA) is 114 Å². The Morgan fingerprint density at radius 3 is 2.56 bits per heavy atom. The van der Waals surface area contributed by atoms with Crippen LogP contribution in [-0.2, 0) is 37.8 Å². The molecule has 1 N–H and O–H groups in total. The number of fused-ring (bicyclic) bond motifs is 1. The Morgan fingerprint density at radius 2 is 1.94 bits per heavy atom. The number of ketones is 1. The van der Waals surface area contributed by atoms with Gasteiger partial charge in [0.05, 0.1) is 27.9 Å². The first-order valence-electron chi connectivity index (χ1n) is 11.1. The van der Waals surface area contributed by atoms with Gasteiger partial charge in [0, 0.05) is 18.0 Å². The zero-order valence-corrected chi connectivity index (χ0v) is 22.3. The lowest BCUT2D eigenvalue weighted by atomic mass is 10.1. The third-order valence-corrected chi connectivity index (χ3v) is 9.57. The van der Waals surface area contributed by atoms with E-state index < -0.39 is 26.1 Å². The van der Waals surface area contributed by atoms with Crippen LogP contribution in [0.4, 0.5) is 0 Å². The highest BCUT2D eigenvalue weighted by Gasteiger charge is 2.25. The van der Waals surface area contributed by atoms with E-state index in [0.29, 0.717) is 12.8 Å². The van der Waals surface area contributed by atoms with Crippen molar-refractivity contribution in [3.63, 3.8) is 0 Å². The summed E-state index contributed by atoms with van der Waals surface area (Å²) in [5, 5.41) is 0.886. The number of unbranched alkanes of at least 4 members (excludes halogenated alkanes) is 1. The van der Waals surface area contributed by atoms with Gasteiger partial charge in [-0.1, -0.05) is 24.6 Å². The van der Waals surface area contributed by atoms with Crippen molar-refractivity contribution in [3.8, 4) is 0 Å². The average molecular weight is 526 g/mol. The van der Waals surface area contributed by atoms with Crippen molar-refractivity contribution < 1.29 is 21.6 Å². The molecule has 1 aliphatic rings. The summed E-state index contributed by atoms with van der Waals surface area (Å²) in [6.07, 6.45) is 7.10. The monoisotopic (exact) mass is 525 g/mol. The molecule has 1 unspecified atom stereocenters. The second kappa shape index (κ2) is 10.8. The molecule has 0 saturated heterocycles. The maximum atomic E-state index is 12.9. The van der Waals surface area contributed by atoms with Gasteiger partial charge in [-0.15, -0.1) is 11.3 Å². The summed E-state index contributed by atoms with van der Waals surface area (Å²) >= 11 is 1.48. The summed E-state index contributed by atoms with van der Waals surface area (Å²) in [6, 6.07) is 4.09. The van der Waals surface area contributed by atoms with E-state index in [9.17, 15) is 21.6 Å². The lowest BCUT2D eigenvalue weighted by Crippen LogP contribution is -2.39. The first kappa shape index (κ1) is 26.7. The van der Waals surface area contributed by atoms with E-state index in [2.05, 4.69) is 9.71 Å². The summed E-state index contributed by atoms with van der Waals surface area (Å²) in [7, 11) is -7.29. The molecule has 0 spiro atoms. The molecule has 186 valence electrons. The van der Waals surface area contributed by atoms with Crippen LogP contribution >= 0.6 is 11.3 Å². The first-order chi connectivity index (χ1) is 15.9. The maximum absolute atomic E-state index is 12.9. The molecule has 0 aliphatic heterocycles. The van der Waals surface area contributed by atoms with Crippen LogP contribution in [0.5, 0.6) is 0 Å². The van der Waals surface area contributed by atoms with Crippen molar-refractivity contribution in [3.05, 3.63) is 51.0 Å². The molecular formula is C23H31N3O5S3. The molecule has 1 aliphatic carbocycles. The van der Waals surface area contributed by atoms with Gasteiger partial charge in [0.2, 0.25) is 20.0 Å². The van der Waals surface area contributed by atoms with Crippen LogP contribution in [0.15, 0.2) is 29.2 Å². The van der Waals surface area contributed by atoms with Gasteiger partial charge in [-0.2, -0.15) is 4.31 Å². The fourth-order valence-electron chi connectivity index (χ4n) is 3.87. The predicted molar refractivity (Wildman–Crippen MR) is 135 cm³/mol. The number of nitrogens with one attached hydrogen (secondary N) is 1. The number of aryl methyl sites for hydroxylation is 2. The van der Waals surface area contributed by atoms with Gasteiger partial charge >= 0.3 is 0 Å². The Bertz CT molecular complexity index is 1300. The van der Waals surface area contributed by atoms with Crippen molar-refractivity contribution in [1.82, 2.24) is 14.0 Å². The fourth-order valence-corrected chi connectivity index (χ4v) is 7.06. The SMILES string of the molecule is CC(=O)C(CCCCN(Cc1sc(C)nc1C)S(C)(=O)=O)NS(=O)(=O)c1ccc2c(c1)C=CC2. The molecule has 8 nitrogen and oxygen atoms in total. The lowest BCUT2D eigenvalue weighted by molar-refractivity contribution is -0.118. The number of benzene rings is 1. The number of sulfonamides is 2. The highest BCUT2D eigenvalue weighted by molar-refractivity contribution is 7.89. The molecule has 2 aromatic rings. The van der Waals surface area contributed by atoms with E-state index in [0.717, 1.165) is 33.1 Å². The summed E-state index contributed by atoms with van der Waals surface area (Å²) in [4.78, 5) is 17.5. The minimum absolute atomic E-state index is 0.127.